The van der Waals surface area contributed by atoms with Crippen LogP contribution in [0.5, 0.6) is 0 Å². The van der Waals surface area contributed by atoms with Gasteiger partial charge in [0.25, 0.3) is 5.91 Å². The highest BCUT2D eigenvalue weighted by Crippen LogP contribution is 2.24. The van der Waals surface area contributed by atoms with Gasteiger partial charge >= 0.3 is 0 Å². The number of hydrogen-bond acceptors (Lipinski definition) is 3. The first-order valence-corrected chi connectivity index (χ1v) is 8.04. The molecule has 1 heterocycles. The van der Waals surface area contributed by atoms with Crippen molar-refractivity contribution in [2.24, 2.45) is 0 Å². The van der Waals surface area contributed by atoms with E-state index in [1.54, 1.807) is 6.07 Å². The molecule has 24 heavy (non-hydrogen) atoms. The van der Waals surface area contributed by atoms with E-state index in [0.29, 0.717) is 12.0 Å². The summed E-state index contributed by atoms with van der Waals surface area (Å²) in [6, 6.07) is 13.1. The minimum absolute atomic E-state index is 0.0338. The molecule has 0 unspecified atom stereocenters. The van der Waals surface area contributed by atoms with Gasteiger partial charge < -0.3 is 15.5 Å². The molecule has 2 aromatic rings. The Labute approximate surface area is 141 Å². The molecule has 0 fully saturated rings. The van der Waals surface area contributed by atoms with Gasteiger partial charge in [0, 0.05) is 43.1 Å². The lowest BCUT2D eigenvalue weighted by molar-refractivity contribution is -0.116. The van der Waals surface area contributed by atoms with Gasteiger partial charge in [0.2, 0.25) is 5.91 Å². The van der Waals surface area contributed by atoms with Crippen LogP contribution in [-0.2, 0) is 11.2 Å². The minimum Gasteiger partial charge on any atom is -0.378 e. The van der Waals surface area contributed by atoms with E-state index in [0.717, 1.165) is 35.5 Å². The largest absolute Gasteiger partial charge is 0.378 e. The first kappa shape index (κ1) is 16.1. The summed E-state index contributed by atoms with van der Waals surface area (Å²) in [6.07, 6.45) is 2.12. The van der Waals surface area contributed by atoms with Gasteiger partial charge in [-0.05, 0) is 54.8 Å². The predicted molar refractivity (Wildman–Crippen MR) is 96.7 cm³/mol. The lowest BCUT2D eigenvalue weighted by atomic mass is 10.0. The van der Waals surface area contributed by atoms with Crippen LogP contribution < -0.4 is 15.5 Å². The summed E-state index contributed by atoms with van der Waals surface area (Å²) in [7, 11) is 3.92. The van der Waals surface area contributed by atoms with Crippen molar-refractivity contribution in [1.82, 2.24) is 0 Å². The predicted octanol–water partition coefficient (Wildman–Crippen LogP) is 3.28. The lowest BCUT2D eigenvalue weighted by Gasteiger charge is -2.14. The molecule has 124 valence electrons. The number of nitrogens with one attached hydrogen (secondary N) is 2. The second-order valence-corrected chi connectivity index (χ2v) is 6.17. The Balaban J connectivity index is 1.79. The molecule has 5 heteroatoms. The number of rotatable bonds is 3. The van der Waals surface area contributed by atoms with Crippen molar-refractivity contribution >= 4 is 28.9 Å². The molecule has 2 N–H and O–H groups in total. The highest BCUT2D eigenvalue weighted by atomic mass is 16.2. The van der Waals surface area contributed by atoms with Crippen LogP contribution >= 0.6 is 0 Å². The van der Waals surface area contributed by atoms with E-state index in [9.17, 15) is 9.59 Å². The molecule has 1 aliphatic heterocycles. The van der Waals surface area contributed by atoms with Crippen LogP contribution in [0.2, 0.25) is 0 Å². The van der Waals surface area contributed by atoms with Crippen molar-refractivity contribution in [3.63, 3.8) is 0 Å². The molecule has 0 aliphatic carbocycles. The Hall–Kier alpha value is -2.82. The lowest BCUT2D eigenvalue weighted by Crippen LogP contribution is -2.14. The first-order chi connectivity index (χ1) is 11.5. The van der Waals surface area contributed by atoms with Gasteiger partial charge in [0.15, 0.2) is 0 Å². The maximum absolute atomic E-state index is 12.5. The van der Waals surface area contributed by atoms with Gasteiger partial charge in [-0.1, -0.05) is 6.07 Å². The van der Waals surface area contributed by atoms with Crippen molar-refractivity contribution in [2.75, 3.05) is 29.6 Å². The fourth-order valence-corrected chi connectivity index (χ4v) is 2.78. The van der Waals surface area contributed by atoms with E-state index in [-0.39, 0.29) is 11.8 Å². The maximum atomic E-state index is 12.5. The van der Waals surface area contributed by atoms with Crippen LogP contribution in [0.4, 0.5) is 17.1 Å². The number of benzene rings is 2. The number of aryl methyl sites for hydroxylation is 1. The standard InChI is InChI=1S/C19H21N3O2/c1-22(2)16-7-4-6-15(12-16)20-19(24)14-9-10-17-13(11-14)5-3-8-18(23)21-17/h4,6-7,9-12H,3,5,8H2,1-2H3,(H,20,24)(H,21,23). The third-order valence-electron chi connectivity index (χ3n) is 4.11. The van der Waals surface area contributed by atoms with Crippen LogP contribution in [0.1, 0.15) is 28.8 Å². The molecule has 5 nitrogen and oxygen atoms in total. The molecule has 0 radical (unpaired) electrons. The summed E-state index contributed by atoms with van der Waals surface area (Å²) in [5.74, 6) is -0.115. The summed E-state index contributed by atoms with van der Waals surface area (Å²) in [5.41, 5.74) is 4.20. The topological polar surface area (TPSA) is 61.4 Å². The fourth-order valence-electron chi connectivity index (χ4n) is 2.78. The average Bonchev–Trinajstić information content (AvgIpc) is 2.74. The molecule has 0 atom stereocenters. The molecular weight excluding hydrogens is 302 g/mol. The van der Waals surface area contributed by atoms with Crippen LogP contribution in [0.15, 0.2) is 42.5 Å². The Morgan fingerprint density at radius 2 is 1.96 bits per heavy atom. The number of anilines is 3. The quantitative estimate of drug-likeness (QED) is 0.911. The molecule has 2 aromatic carbocycles. The molecule has 0 spiro atoms. The van der Waals surface area contributed by atoms with E-state index in [1.165, 1.54) is 0 Å². The molecule has 2 amide bonds. The highest BCUT2D eigenvalue weighted by molar-refractivity contribution is 6.05. The van der Waals surface area contributed by atoms with Gasteiger partial charge in [0.05, 0.1) is 0 Å². The Kier molecular flexibility index (Phi) is 4.51. The van der Waals surface area contributed by atoms with Crippen LogP contribution in [-0.4, -0.2) is 25.9 Å². The Morgan fingerprint density at radius 1 is 1.12 bits per heavy atom. The first-order valence-electron chi connectivity index (χ1n) is 8.04. The molecule has 3 rings (SSSR count). The highest BCUT2D eigenvalue weighted by Gasteiger charge is 2.15. The molecule has 0 saturated heterocycles. The number of fused-ring (bicyclic) bond motifs is 1. The number of carbonyl (C=O) groups excluding carboxylic acids is 2. The zero-order chi connectivity index (χ0) is 17.1. The van der Waals surface area contributed by atoms with Gasteiger partial charge in [-0.15, -0.1) is 0 Å². The number of amides is 2. The fraction of sp³-hybridized carbons (Fsp3) is 0.263. The molecular formula is C19H21N3O2. The van der Waals surface area contributed by atoms with Gasteiger partial charge in [-0.2, -0.15) is 0 Å². The van der Waals surface area contributed by atoms with Gasteiger partial charge in [-0.25, -0.2) is 0 Å². The third-order valence-corrected chi connectivity index (χ3v) is 4.11. The van der Waals surface area contributed by atoms with E-state index < -0.39 is 0 Å². The third kappa shape index (κ3) is 3.56. The van der Waals surface area contributed by atoms with Crippen LogP contribution in [0.3, 0.4) is 0 Å². The summed E-state index contributed by atoms with van der Waals surface area (Å²) in [5, 5.41) is 5.81. The van der Waals surface area contributed by atoms with E-state index in [2.05, 4.69) is 10.6 Å². The van der Waals surface area contributed by atoms with Crippen molar-refractivity contribution < 1.29 is 9.59 Å². The van der Waals surface area contributed by atoms with E-state index >= 15 is 0 Å². The number of nitrogens with zero attached hydrogens (tertiary/aromatic N) is 1. The van der Waals surface area contributed by atoms with E-state index in [4.69, 9.17) is 0 Å². The smallest absolute Gasteiger partial charge is 0.255 e. The van der Waals surface area contributed by atoms with Crippen molar-refractivity contribution in [3.8, 4) is 0 Å². The number of carbonyl (C=O) groups is 2. The monoisotopic (exact) mass is 323 g/mol. The Bertz CT molecular complexity index is 784. The molecule has 0 saturated carbocycles. The van der Waals surface area contributed by atoms with Crippen molar-refractivity contribution in [1.29, 1.82) is 0 Å². The van der Waals surface area contributed by atoms with E-state index in [1.807, 2.05) is 55.4 Å². The zero-order valence-electron chi connectivity index (χ0n) is 13.9. The average molecular weight is 323 g/mol. The van der Waals surface area contributed by atoms with Gasteiger partial charge in [-0.3, -0.25) is 9.59 Å². The molecule has 1 aliphatic rings. The molecule has 0 aromatic heterocycles. The Morgan fingerprint density at radius 3 is 2.75 bits per heavy atom. The minimum atomic E-state index is -0.149. The van der Waals surface area contributed by atoms with Crippen molar-refractivity contribution in [2.45, 2.75) is 19.3 Å². The summed E-state index contributed by atoms with van der Waals surface area (Å²) >= 11 is 0. The summed E-state index contributed by atoms with van der Waals surface area (Å²) in [6.45, 7) is 0. The zero-order valence-corrected chi connectivity index (χ0v) is 13.9. The van der Waals surface area contributed by atoms with Crippen LogP contribution in [0, 0.1) is 0 Å². The molecule has 0 bridgehead atoms. The second kappa shape index (κ2) is 6.74. The number of hydrogen-bond donors (Lipinski definition) is 2. The normalized spacial score (nSPS) is 13.5. The maximum Gasteiger partial charge on any atom is 0.255 e. The van der Waals surface area contributed by atoms with Crippen molar-refractivity contribution in [3.05, 3.63) is 53.6 Å². The SMILES string of the molecule is CN(C)c1cccc(NC(=O)c2ccc3c(c2)CCCC(=O)N3)c1. The van der Waals surface area contributed by atoms with Crippen LogP contribution in [0.25, 0.3) is 0 Å². The second-order valence-electron chi connectivity index (χ2n) is 6.17. The van der Waals surface area contributed by atoms with Gasteiger partial charge in [0.1, 0.15) is 0 Å². The summed E-state index contributed by atoms with van der Waals surface area (Å²) < 4.78 is 0. The summed E-state index contributed by atoms with van der Waals surface area (Å²) in [4.78, 5) is 26.1.